The summed E-state index contributed by atoms with van der Waals surface area (Å²) in [6, 6.07) is 16.2. The van der Waals surface area contributed by atoms with Gasteiger partial charge in [-0.15, -0.1) is 11.3 Å². The van der Waals surface area contributed by atoms with Crippen molar-refractivity contribution >= 4 is 38.9 Å². The van der Waals surface area contributed by atoms with Crippen molar-refractivity contribution in [3.63, 3.8) is 0 Å². The van der Waals surface area contributed by atoms with Gasteiger partial charge < -0.3 is 19.5 Å². The number of rotatable bonds is 8. The van der Waals surface area contributed by atoms with Gasteiger partial charge in [0.2, 0.25) is 5.06 Å². The highest BCUT2D eigenvalue weighted by Crippen LogP contribution is 2.35. The number of carbonyl (C=O) groups excluding carboxylic acids is 1. The summed E-state index contributed by atoms with van der Waals surface area (Å²) < 4.78 is 42.8. The molecular weight excluding hydrogens is 428 g/mol. The molecule has 3 rings (SSSR count). The molecule has 10 heteroatoms. The molecule has 0 amide bonds. The minimum Gasteiger partial charge on any atom is -0.494 e. The van der Waals surface area contributed by atoms with Crippen molar-refractivity contribution < 1.29 is 27.4 Å². The summed E-state index contributed by atoms with van der Waals surface area (Å²) in [7, 11) is -1.44. The van der Waals surface area contributed by atoms with E-state index in [1.54, 1.807) is 18.2 Å². The molecule has 1 aromatic heterocycles. The SMILES string of the molecule is COC(=O)Oc1sccc1S(=O)(=O)Nc1ccc(NCc2ccccc2)cc1OC. The maximum absolute atomic E-state index is 12.8. The van der Waals surface area contributed by atoms with E-state index < -0.39 is 16.2 Å². The summed E-state index contributed by atoms with van der Waals surface area (Å²) in [5.74, 6) is 0.335. The molecule has 0 saturated heterocycles. The fourth-order valence-electron chi connectivity index (χ4n) is 2.56. The number of sulfonamides is 1. The number of hydrogen-bond acceptors (Lipinski definition) is 8. The van der Waals surface area contributed by atoms with E-state index in [4.69, 9.17) is 9.47 Å². The summed E-state index contributed by atoms with van der Waals surface area (Å²) >= 11 is 0.964. The van der Waals surface area contributed by atoms with Crippen LogP contribution in [0.15, 0.2) is 64.9 Å². The highest BCUT2D eigenvalue weighted by Gasteiger charge is 2.24. The second-order valence-corrected chi connectivity index (χ2v) is 8.52. The second kappa shape index (κ2) is 9.51. The molecular formula is C20H20N2O6S2. The molecule has 8 nitrogen and oxygen atoms in total. The fourth-order valence-corrected chi connectivity index (χ4v) is 4.82. The number of thiophene rings is 1. The monoisotopic (exact) mass is 448 g/mol. The summed E-state index contributed by atoms with van der Waals surface area (Å²) in [6.07, 6.45) is -1.000. The summed E-state index contributed by atoms with van der Waals surface area (Å²) in [5, 5.41) is 4.68. The first kappa shape index (κ1) is 21.5. The zero-order valence-electron chi connectivity index (χ0n) is 16.2. The first-order valence-electron chi connectivity index (χ1n) is 8.75. The van der Waals surface area contributed by atoms with Crippen molar-refractivity contribution in [2.24, 2.45) is 0 Å². The Balaban J connectivity index is 1.77. The van der Waals surface area contributed by atoms with Gasteiger partial charge in [-0.1, -0.05) is 30.3 Å². The third-order valence-electron chi connectivity index (χ3n) is 4.01. The minimum absolute atomic E-state index is 0.0885. The molecule has 2 N–H and O–H groups in total. The van der Waals surface area contributed by atoms with Crippen molar-refractivity contribution in [1.82, 2.24) is 0 Å². The van der Waals surface area contributed by atoms with E-state index in [0.29, 0.717) is 12.3 Å². The first-order chi connectivity index (χ1) is 14.4. The van der Waals surface area contributed by atoms with Gasteiger partial charge in [-0.25, -0.2) is 13.2 Å². The van der Waals surface area contributed by atoms with E-state index in [9.17, 15) is 13.2 Å². The molecule has 0 aliphatic rings. The van der Waals surface area contributed by atoms with E-state index in [2.05, 4.69) is 14.8 Å². The molecule has 0 saturated carbocycles. The third kappa shape index (κ3) is 5.22. The van der Waals surface area contributed by atoms with Gasteiger partial charge in [0.05, 0.1) is 19.9 Å². The Labute approximate surface area is 178 Å². The molecule has 158 valence electrons. The number of hydrogen-bond donors (Lipinski definition) is 2. The smallest absolute Gasteiger partial charge is 0.494 e. The first-order valence-corrected chi connectivity index (χ1v) is 11.1. The lowest BCUT2D eigenvalue weighted by molar-refractivity contribution is 0.122. The summed E-state index contributed by atoms with van der Waals surface area (Å²) in [6.45, 7) is 0.609. The van der Waals surface area contributed by atoms with Crippen LogP contribution < -0.4 is 19.5 Å². The molecule has 0 fully saturated rings. The van der Waals surface area contributed by atoms with Gasteiger partial charge in [-0.2, -0.15) is 0 Å². The quantitative estimate of drug-likeness (QED) is 0.495. The number of nitrogens with one attached hydrogen (secondary N) is 2. The lowest BCUT2D eigenvalue weighted by atomic mass is 10.2. The van der Waals surface area contributed by atoms with Crippen LogP contribution in [0.25, 0.3) is 0 Å². The van der Waals surface area contributed by atoms with Crippen molar-refractivity contribution in [2.45, 2.75) is 11.4 Å². The standard InChI is InChI=1S/C20H20N2O6S2/c1-26-17-12-15(21-13-14-6-4-3-5-7-14)8-9-16(17)22-30(24,25)18-10-11-29-19(18)28-20(23)27-2/h3-12,21-22H,13H2,1-2H3. The van der Waals surface area contributed by atoms with Gasteiger partial charge in [-0.3, -0.25) is 4.72 Å². The minimum atomic E-state index is -4.03. The van der Waals surface area contributed by atoms with Crippen LogP contribution in [0.3, 0.4) is 0 Å². The van der Waals surface area contributed by atoms with Crippen LogP contribution in [0.2, 0.25) is 0 Å². The van der Waals surface area contributed by atoms with E-state index >= 15 is 0 Å². The molecule has 0 aliphatic carbocycles. The van der Waals surface area contributed by atoms with Crippen LogP contribution in [-0.4, -0.2) is 28.8 Å². The molecule has 0 unspecified atom stereocenters. The van der Waals surface area contributed by atoms with Crippen molar-refractivity contribution in [2.75, 3.05) is 24.3 Å². The molecule has 0 spiro atoms. The highest BCUT2D eigenvalue weighted by molar-refractivity contribution is 7.93. The van der Waals surface area contributed by atoms with E-state index in [0.717, 1.165) is 29.7 Å². The third-order valence-corrected chi connectivity index (χ3v) is 6.32. The predicted octanol–water partition coefficient (Wildman–Crippen LogP) is 4.31. The number of methoxy groups -OCH3 is 2. The molecule has 3 aromatic rings. The summed E-state index contributed by atoms with van der Waals surface area (Å²) in [4.78, 5) is 11.2. The molecule has 0 aliphatic heterocycles. The maximum atomic E-state index is 12.8. The number of ether oxygens (including phenoxy) is 3. The Hall–Kier alpha value is -3.24. The van der Waals surface area contributed by atoms with Crippen LogP contribution in [0, 0.1) is 0 Å². The molecule has 0 radical (unpaired) electrons. The Morgan fingerprint density at radius 2 is 1.83 bits per heavy atom. The van der Waals surface area contributed by atoms with Crippen molar-refractivity contribution in [3.05, 3.63) is 65.5 Å². The van der Waals surface area contributed by atoms with E-state index in [1.165, 1.54) is 18.6 Å². The zero-order chi connectivity index (χ0) is 21.6. The van der Waals surface area contributed by atoms with Gasteiger partial charge in [0.1, 0.15) is 10.6 Å². The second-order valence-electron chi connectivity index (χ2n) is 5.99. The zero-order valence-corrected chi connectivity index (χ0v) is 17.9. The molecule has 2 aromatic carbocycles. The Morgan fingerprint density at radius 1 is 1.07 bits per heavy atom. The number of benzene rings is 2. The number of carbonyl (C=O) groups is 1. The topological polar surface area (TPSA) is 103 Å². The van der Waals surface area contributed by atoms with Crippen LogP contribution in [0.1, 0.15) is 5.56 Å². The van der Waals surface area contributed by atoms with Crippen LogP contribution in [-0.2, 0) is 21.3 Å². The molecule has 30 heavy (non-hydrogen) atoms. The van der Waals surface area contributed by atoms with Crippen LogP contribution in [0.4, 0.5) is 16.2 Å². The Bertz CT molecular complexity index is 1110. The van der Waals surface area contributed by atoms with E-state index in [1.807, 2.05) is 30.3 Å². The predicted molar refractivity (Wildman–Crippen MR) is 115 cm³/mol. The van der Waals surface area contributed by atoms with Gasteiger partial charge in [0.25, 0.3) is 10.0 Å². The molecule has 1 heterocycles. The number of anilines is 2. The van der Waals surface area contributed by atoms with Crippen molar-refractivity contribution in [1.29, 1.82) is 0 Å². The molecule has 0 atom stereocenters. The van der Waals surface area contributed by atoms with Crippen molar-refractivity contribution in [3.8, 4) is 10.8 Å². The van der Waals surface area contributed by atoms with Gasteiger partial charge >= 0.3 is 6.16 Å². The molecule has 0 bridgehead atoms. The van der Waals surface area contributed by atoms with Gasteiger partial charge in [0.15, 0.2) is 0 Å². The fraction of sp³-hybridized carbons (Fsp3) is 0.150. The van der Waals surface area contributed by atoms with Crippen LogP contribution >= 0.6 is 11.3 Å². The maximum Gasteiger partial charge on any atom is 0.514 e. The van der Waals surface area contributed by atoms with Crippen LogP contribution in [0.5, 0.6) is 10.8 Å². The van der Waals surface area contributed by atoms with E-state index in [-0.39, 0.29) is 15.6 Å². The summed E-state index contributed by atoms with van der Waals surface area (Å²) in [5.41, 5.74) is 2.12. The Morgan fingerprint density at radius 3 is 2.53 bits per heavy atom. The highest BCUT2D eigenvalue weighted by atomic mass is 32.2. The average molecular weight is 449 g/mol. The lowest BCUT2D eigenvalue weighted by Crippen LogP contribution is -2.15. The van der Waals surface area contributed by atoms with Gasteiger partial charge in [-0.05, 0) is 29.1 Å². The normalized spacial score (nSPS) is 10.9. The Kier molecular flexibility index (Phi) is 6.80. The largest absolute Gasteiger partial charge is 0.514 e. The van der Waals surface area contributed by atoms with Gasteiger partial charge in [0, 0.05) is 18.3 Å². The average Bonchev–Trinajstić information content (AvgIpc) is 3.22. The lowest BCUT2D eigenvalue weighted by Gasteiger charge is -2.14.